The van der Waals surface area contributed by atoms with Gasteiger partial charge in [0.1, 0.15) is 6.04 Å². The van der Waals surface area contributed by atoms with Crippen LogP contribution < -0.4 is 16.2 Å². The van der Waals surface area contributed by atoms with Crippen LogP contribution in [0, 0.1) is 5.92 Å². The molecule has 3 amide bonds. The number of fused-ring (bicyclic) bond motifs is 4. The molecule has 0 spiro atoms. The van der Waals surface area contributed by atoms with Crippen LogP contribution in [0.25, 0.3) is 0 Å². The molecule has 0 radical (unpaired) electrons. The van der Waals surface area contributed by atoms with Gasteiger partial charge in [0, 0.05) is 43.0 Å². The van der Waals surface area contributed by atoms with Crippen molar-refractivity contribution < 1.29 is 9.59 Å². The van der Waals surface area contributed by atoms with Crippen LogP contribution in [0.2, 0.25) is 0 Å². The smallest absolute Gasteiger partial charge is 0.318 e. The third kappa shape index (κ3) is 5.49. The lowest BCUT2D eigenvalue weighted by molar-refractivity contribution is -0.118. The first-order valence-electron chi connectivity index (χ1n) is 12.0. The van der Waals surface area contributed by atoms with Crippen molar-refractivity contribution in [3.05, 3.63) is 64.1 Å². The summed E-state index contributed by atoms with van der Waals surface area (Å²) in [4.78, 5) is 40.4. The van der Waals surface area contributed by atoms with Gasteiger partial charge >= 0.3 is 6.03 Å². The Morgan fingerprint density at radius 3 is 2.56 bits per heavy atom. The van der Waals surface area contributed by atoms with Gasteiger partial charge in [0.25, 0.3) is 5.56 Å². The van der Waals surface area contributed by atoms with Crippen LogP contribution in [0.3, 0.4) is 0 Å². The number of rotatable bonds is 7. The quantitative estimate of drug-likeness (QED) is 0.628. The van der Waals surface area contributed by atoms with Crippen LogP contribution in [0.1, 0.15) is 49.8 Å². The van der Waals surface area contributed by atoms with E-state index in [1.165, 1.54) is 5.56 Å². The molecule has 0 unspecified atom stereocenters. The predicted molar refractivity (Wildman–Crippen MR) is 138 cm³/mol. The fourth-order valence-corrected chi connectivity index (χ4v) is 5.46. The molecule has 182 valence electrons. The molecule has 0 aliphatic carbocycles. The van der Waals surface area contributed by atoms with E-state index in [0.717, 1.165) is 23.6 Å². The number of pyridine rings is 1. The number of thioether (sulfide) groups is 1. The van der Waals surface area contributed by atoms with Crippen molar-refractivity contribution in [3.8, 4) is 0 Å². The summed E-state index contributed by atoms with van der Waals surface area (Å²) in [5.74, 6) is 1.38. The minimum atomic E-state index is -0.610. The molecule has 8 heteroatoms. The number of hydrogen-bond acceptors (Lipinski definition) is 4. The molecule has 1 fully saturated rings. The fraction of sp³-hybridized carbons (Fsp3) is 0.500. The maximum atomic E-state index is 13.2. The average molecular weight is 483 g/mol. The summed E-state index contributed by atoms with van der Waals surface area (Å²) < 4.78 is 1.85. The second-order valence-corrected chi connectivity index (χ2v) is 10.6. The molecule has 1 saturated heterocycles. The number of carbonyl (C=O) groups is 2. The summed E-state index contributed by atoms with van der Waals surface area (Å²) in [5.41, 5.74) is 2.97. The summed E-state index contributed by atoms with van der Waals surface area (Å²) >= 11 is 1.65. The summed E-state index contributed by atoms with van der Waals surface area (Å²) in [7, 11) is 0. The van der Waals surface area contributed by atoms with Gasteiger partial charge in [-0.2, -0.15) is 11.8 Å². The highest BCUT2D eigenvalue weighted by Gasteiger charge is 2.37. The van der Waals surface area contributed by atoms with Gasteiger partial charge in [0.15, 0.2) is 0 Å². The third-order valence-electron chi connectivity index (χ3n) is 6.84. The first-order chi connectivity index (χ1) is 16.4. The van der Waals surface area contributed by atoms with E-state index < -0.39 is 6.04 Å². The molecule has 2 bridgehead atoms. The number of urea groups is 1. The largest absolute Gasteiger partial charge is 0.326 e. The monoisotopic (exact) mass is 482 g/mol. The zero-order valence-corrected chi connectivity index (χ0v) is 20.9. The highest BCUT2D eigenvalue weighted by atomic mass is 32.2. The van der Waals surface area contributed by atoms with Gasteiger partial charge in [-0.05, 0) is 60.4 Å². The summed E-state index contributed by atoms with van der Waals surface area (Å²) in [5, 5.41) is 5.95. The Labute approximate surface area is 205 Å². The molecular weight excluding hydrogens is 448 g/mol. The number of nitrogens with one attached hydrogen (secondary N) is 2. The average Bonchev–Trinajstić information content (AvgIpc) is 2.82. The molecule has 7 nitrogen and oxygen atoms in total. The lowest BCUT2D eigenvalue weighted by Gasteiger charge is -2.43. The van der Waals surface area contributed by atoms with Gasteiger partial charge in [0.2, 0.25) is 5.91 Å². The normalized spacial score (nSPS) is 19.9. The maximum absolute atomic E-state index is 13.2. The van der Waals surface area contributed by atoms with Crippen molar-refractivity contribution in [3.63, 3.8) is 0 Å². The lowest BCUT2D eigenvalue weighted by Crippen LogP contribution is -2.55. The number of nitrogens with zero attached hydrogens (tertiary/aromatic N) is 2. The molecule has 2 aliphatic rings. The molecule has 3 heterocycles. The second kappa shape index (κ2) is 10.7. The number of aromatic nitrogens is 1. The Bertz CT molecular complexity index is 1080. The molecule has 0 saturated carbocycles. The first kappa shape index (κ1) is 24.4. The van der Waals surface area contributed by atoms with Gasteiger partial charge in [-0.3, -0.25) is 9.59 Å². The second-order valence-electron chi connectivity index (χ2n) is 9.65. The number of hydrogen-bond donors (Lipinski definition) is 2. The third-order valence-corrected chi connectivity index (χ3v) is 7.48. The van der Waals surface area contributed by atoms with Gasteiger partial charge in [0.05, 0.1) is 0 Å². The van der Waals surface area contributed by atoms with E-state index in [0.29, 0.717) is 32.0 Å². The van der Waals surface area contributed by atoms with Crippen molar-refractivity contribution in [2.24, 2.45) is 5.92 Å². The molecule has 2 aliphatic heterocycles. The van der Waals surface area contributed by atoms with E-state index in [4.69, 9.17) is 0 Å². The molecule has 1 aromatic heterocycles. The van der Waals surface area contributed by atoms with Crippen molar-refractivity contribution in [2.75, 3.05) is 30.4 Å². The highest BCUT2D eigenvalue weighted by Crippen LogP contribution is 2.35. The maximum Gasteiger partial charge on any atom is 0.318 e. The molecule has 3 atom stereocenters. The number of likely N-dealkylation sites (tertiary alicyclic amines) is 1. The molecule has 2 N–H and O–H groups in total. The van der Waals surface area contributed by atoms with Crippen LogP contribution in [-0.2, 0) is 11.3 Å². The number of anilines is 1. The number of piperidine rings is 1. The van der Waals surface area contributed by atoms with Crippen LogP contribution in [0.15, 0.2) is 47.3 Å². The first-order valence-corrected chi connectivity index (χ1v) is 13.4. The van der Waals surface area contributed by atoms with Crippen LogP contribution in [-0.4, -0.2) is 52.5 Å². The van der Waals surface area contributed by atoms with Crippen LogP contribution >= 0.6 is 11.8 Å². The summed E-state index contributed by atoms with van der Waals surface area (Å²) in [6.07, 6.45) is 3.53. The van der Waals surface area contributed by atoms with Gasteiger partial charge in [-0.15, -0.1) is 0 Å². The Kier molecular flexibility index (Phi) is 7.66. The van der Waals surface area contributed by atoms with E-state index in [2.05, 4.69) is 24.5 Å². The Hall–Kier alpha value is -2.74. The summed E-state index contributed by atoms with van der Waals surface area (Å²) in [6.45, 7) is 6.05. The van der Waals surface area contributed by atoms with Gasteiger partial charge in [-0.25, -0.2) is 4.79 Å². The SMILES string of the molecule is CSCC[C@H](NC(=O)N1C[C@@H]2C[C@H](C1)c1cccc(=O)n1C2)C(=O)Nc1ccc(C(C)C)cc1. The number of carbonyl (C=O) groups excluding carboxylic acids is 2. The molecule has 4 rings (SSSR count). The van der Waals surface area contributed by atoms with Crippen molar-refractivity contribution in [1.29, 1.82) is 0 Å². The van der Waals surface area contributed by atoms with E-state index >= 15 is 0 Å². The molecule has 1 aromatic carbocycles. The van der Waals surface area contributed by atoms with Crippen LogP contribution in [0.5, 0.6) is 0 Å². The summed E-state index contributed by atoms with van der Waals surface area (Å²) in [6, 6.07) is 12.4. The van der Waals surface area contributed by atoms with Crippen LogP contribution in [0.4, 0.5) is 10.5 Å². The lowest BCUT2D eigenvalue weighted by atomic mass is 9.83. The van der Waals surface area contributed by atoms with E-state index in [9.17, 15) is 14.4 Å². The van der Waals surface area contributed by atoms with Crippen molar-refractivity contribution in [1.82, 2.24) is 14.8 Å². The zero-order chi connectivity index (χ0) is 24.2. The standard InChI is InChI=1S/C26H34N4O3S/c1-17(2)19-7-9-21(10-8-19)27-25(32)22(11-12-34-3)28-26(33)29-14-18-13-20(16-29)23-5-4-6-24(31)30(23)15-18/h4-10,17-18,20,22H,11-16H2,1-3H3,(H,27,32)(H,28,33)/t18-,20+,22-/m0/s1. The molecular formula is C26H34N4O3S. The Morgan fingerprint density at radius 2 is 1.85 bits per heavy atom. The highest BCUT2D eigenvalue weighted by molar-refractivity contribution is 7.98. The topological polar surface area (TPSA) is 83.4 Å². The van der Waals surface area contributed by atoms with Crippen molar-refractivity contribution in [2.45, 2.75) is 51.1 Å². The number of benzene rings is 1. The Balaban J connectivity index is 1.42. The minimum absolute atomic E-state index is 0.0281. The Morgan fingerprint density at radius 1 is 1.09 bits per heavy atom. The predicted octanol–water partition coefficient (Wildman–Crippen LogP) is 3.86. The van der Waals surface area contributed by atoms with E-state index in [1.54, 1.807) is 23.9 Å². The number of amides is 3. The minimum Gasteiger partial charge on any atom is -0.326 e. The van der Waals surface area contributed by atoms with E-state index in [1.807, 2.05) is 46.1 Å². The zero-order valence-electron chi connectivity index (χ0n) is 20.1. The van der Waals surface area contributed by atoms with Gasteiger partial charge < -0.3 is 20.1 Å². The van der Waals surface area contributed by atoms with E-state index in [-0.39, 0.29) is 29.3 Å². The molecule has 2 aromatic rings. The fourth-order valence-electron chi connectivity index (χ4n) is 4.99. The van der Waals surface area contributed by atoms with Gasteiger partial charge in [-0.1, -0.05) is 32.0 Å². The molecule has 34 heavy (non-hydrogen) atoms. The van der Waals surface area contributed by atoms with Crippen molar-refractivity contribution >= 4 is 29.4 Å².